The number of phenolic OH excluding ortho intramolecular Hbond substituents is 1. The predicted octanol–water partition coefficient (Wildman–Crippen LogP) is 0.211. The molecule has 86 valence electrons. The number of amides is 1. The summed E-state index contributed by atoms with van der Waals surface area (Å²) in [5.74, 6) is -0.574. The van der Waals surface area contributed by atoms with Crippen molar-refractivity contribution in [2.45, 2.75) is 0 Å². The quantitative estimate of drug-likeness (QED) is 0.295. The highest BCUT2D eigenvalue weighted by Gasteiger charge is 2.15. The molecule has 0 saturated carbocycles. The number of phenols is 1. The van der Waals surface area contributed by atoms with Gasteiger partial charge in [-0.1, -0.05) is 17.3 Å². The van der Waals surface area contributed by atoms with Crippen molar-refractivity contribution in [2.24, 2.45) is 10.9 Å². The number of para-hydroxylation sites is 1. The first-order valence-corrected chi connectivity index (χ1v) is 4.56. The van der Waals surface area contributed by atoms with Crippen molar-refractivity contribution in [1.82, 2.24) is 4.90 Å². The molecule has 4 N–H and O–H groups in total. The van der Waals surface area contributed by atoms with Crippen LogP contribution < -0.4 is 5.73 Å². The largest absolute Gasteiger partial charge is 0.507 e. The SMILES string of the molecule is CN(CC(N)=NO)C(=O)c1ccccc1O. The fourth-order valence-corrected chi connectivity index (χ4v) is 1.21. The summed E-state index contributed by atoms with van der Waals surface area (Å²) < 4.78 is 0. The van der Waals surface area contributed by atoms with Crippen LogP contribution in [0.15, 0.2) is 29.4 Å². The van der Waals surface area contributed by atoms with E-state index >= 15 is 0 Å². The topological polar surface area (TPSA) is 99.1 Å². The van der Waals surface area contributed by atoms with Crippen molar-refractivity contribution in [3.63, 3.8) is 0 Å². The Morgan fingerprint density at radius 1 is 1.50 bits per heavy atom. The number of rotatable bonds is 3. The van der Waals surface area contributed by atoms with E-state index < -0.39 is 5.91 Å². The molecule has 1 aromatic carbocycles. The van der Waals surface area contributed by atoms with Gasteiger partial charge in [0, 0.05) is 7.05 Å². The highest BCUT2D eigenvalue weighted by Crippen LogP contribution is 2.16. The van der Waals surface area contributed by atoms with Crippen LogP contribution in [-0.2, 0) is 0 Å². The van der Waals surface area contributed by atoms with Gasteiger partial charge in [-0.25, -0.2) is 0 Å². The average molecular weight is 223 g/mol. The van der Waals surface area contributed by atoms with Crippen LogP contribution in [0.1, 0.15) is 10.4 Å². The van der Waals surface area contributed by atoms with E-state index in [1.54, 1.807) is 12.1 Å². The summed E-state index contributed by atoms with van der Waals surface area (Å²) in [5.41, 5.74) is 5.45. The number of hydrogen-bond acceptors (Lipinski definition) is 4. The summed E-state index contributed by atoms with van der Waals surface area (Å²) in [7, 11) is 1.49. The molecule has 0 heterocycles. The van der Waals surface area contributed by atoms with Gasteiger partial charge in [0.1, 0.15) is 5.75 Å². The first kappa shape index (κ1) is 11.8. The number of nitrogens with zero attached hydrogens (tertiary/aromatic N) is 2. The minimum atomic E-state index is -0.398. The van der Waals surface area contributed by atoms with Crippen LogP contribution in [0.25, 0.3) is 0 Å². The van der Waals surface area contributed by atoms with E-state index in [-0.39, 0.29) is 23.7 Å². The summed E-state index contributed by atoms with van der Waals surface area (Å²) >= 11 is 0. The Labute approximate surface area is 92.6 Å². The molecular weight excluding hydrogens is 210 g/mol. The van der Waals surface area contributed by atoms with Gasteiger partial charge in [-0.3, -0.25) is 4.79 Å². The maximum absolute atomic E-state index is 11.8. The lowest BCUT2D eigenvalue weighted by Gasteiger charge is -2.16. The van der Waals surface area contributed by atoms with Crippen molar-refractivity contribution >= 4 is 11.7 Å². The molecule has 0 unspecified atom stereocenters. The van der Waals surface area contributed by atoms with Crippen LogP contribution >= 0.6 is 0 Å². The van der Waals surface area contributed by atoms with E-state index in [1.807, 2.05) is 0 Å². The molecule has 0 atom stereocenters. The van der Waals surface area contributed by atoms with Crippen LogP contribution in [0.4, 0.5) is 0 Å². The lowest BCUT2D eigenvalue weighted by atomic mass is 10.2. The van der Waals surface area contributed by atoms with Crippen molar-refractivity contribution in [1.29, 1.82) is 0 Å². The van der Waals surface area contributed by atoms with E-state index in [4.69, 9.17) is 10.9 Å². The van der Waals surface area contributed by atoms with Crippen LogP contribution in [0.3, 0.4) is 0 Å². The van der Waals surface area contributed by atoms with Gasteiger partial charge in [0.25, 0.3) is 5.91 Å². The van der Waals surface area contributed by atoms with Gasteiger partial charge in [0.15, 0.2) is 5.84 Å². The van der Waals surface area contributed by atoms with Crippen molar-refractivity contribution in [3.05, 3.63) is 29.8 Å². The zero-order valence-electron chi connectivity index (χ0n) is 8.79. The fourth-order valence-electron chi connectivity index (χ4n) is 1.21. The molecule has 1 rings (SSSR count). The van der Waals surface area contributed by atoms with Gasteiger partial charge < -0.3 is 20.9 Å². The molecular formula is C10H13N3O3. The molecule has 0 radical (unpaired) electrons. The summed E-state index contributed by atoms with van der Waals surface area (Å²) in [6.07, 6.45) is 0. The van der Waals surface area contributed by atoms with Gasteiger partial charge in [0.05, 0.1) is 12.1 Å². The van der Waals surface area contributed by atoms with Crippen molar-refractivity contribution < 1.29 is 15.1 Å². The number of carbonyl (C=O) groups is 1. The minimum absolute atomic E-state index is 0.0103. The average Bonchev–Trinajstić information content (AvgIpc) is 2.28. The predicted molar refractivity (Wildman–Crippen MR) is 58.5 cm³/mol. The number of carbonyl (C=O) groups excluding carboxylic acids is 1. The fraction of sp³-hybridized carbons (Fsp3) is 0.200. The number of benzene rings is 1. The molecule has 1 aromatic rings. The number of nitrogens with two attached hydrogens (primary N) is 1. The Balaban J connectivity index is 2.83. The number of hydrogen-bond donors (Lipinski definition) is 3. The molecule has 0 aliphatic carbocycles. The molecule has 0 fully saturated rings. The van der Waals surface area contributed by atoms with Gasteiger partial charge in [-0.2, -0.15) is 0 Å². The first-order valence-electron chi connectivity index (χ1n) is 4.56. The number of aromatic hydroxyl groups is 1. The van der Waals surface area contributed by atoms with E-state index in [9.17, 15) is 9.90 Å². The van der Waals surface area contributed by atoms with E-state index in [2.05, 4.69) is 5.16 Å². The minimum Gasteiger partial charge on any atom is -0.507 e. The molecule has 0 spiro atoms. The number of likely N-dealkylation sites (N-methyl/N-ethyl adjacent to an activating group) is 1. The van der Waals surface area contributed by atoms with Crippen LogP contribution in [0.2, 0.25) is 0 Å². The van der Waals surface area contributed by atoms with Gasteiger partial charge in [-0.05, 0) is 12.1 Å². The Morgan fingerprint density at radius 3 is 2.69 bits per heavy atom. The summed E-state index contributed by atoms with van der Waals surface area (Å²) in [5, 5.41) is 20.6. The van der Waals surface area contributed by atoms with E-state index in [1.165, 1.54) is 24.1 Å². The Hall–Kier alpha value is -2.24. The van der Waals surface area contributed by atoms with Crippen molar-refractivity contribution in [2.75, 3.05) is 13.6 Å². The standard InChI is InChI=1S/C10H13N3O3/c1-13(6-9(11)12-16)10(15)7-4-2-3-5-8(7)14/h2-5,14,16H,6H2,1H3,(H2,11,12). The van der Waals surface area contributed by atoms with Gasteiger partial charge in [0.2, 0.25) is 0 Å². The molecule has 6 heteroatoms. The number of amidine groups is 1. The Kier molecular flexibility index (Phi) is 3.71. The van der Waals surface area contributed by atoms with Gasteiger partial charge in [-0.15, -0.1) is 0 Å². The molecule has 6 nitrogen and oxygen atoms in total. The lowest BCUT2D eigenvalue weighted by molar-refractivity contribution is 0.0810. The van der Waals surface area contributed by atoms with E-state index in [0.717, 1.165) is 0 Å². The number of oxime groups is 1. The first-order chi connectivity index (χ1) is 7.56. The zero-order valence-corrected chi connectivity index (χ0v) is 8.79. The normalized spacial score (nSPS) is 11.2. The summed E-state index contributed by atoms with van der Waals surface area (Å²) in [6, 6.07) is 6.19. The van der Waals surface area contributed by atoms with Gasteiger partial charge >= 0.3 is 0 Å². The van der Waals surface area contributed by atoms with Crippen LogP contribution in [0.5, 0.6) is 5.75 Å². The summed E-state index contributed by atoms with van der Waals surface area (Å²) in [6.45, 7) is -0.0103. The lowest BCUT2D eigenvalue weighted by Crippen LogP contribution is -2.35. The third kappa shape index (κ3) is 2.63. The molecule has 0 aliphatic heterocycles. The molecule has 0 aliphatic rings. The van der Waals surface area contributed by atoms with Crippen LogP contribution in [-0.4, -0.2) is 40.5 Å². The molecule has 0 aromatic heterocycles. The second-order valence-corrected chi connectivity index (χ2v) is 3.27. The van der Waals surface area contributed by atoms with Crippen molar-refractivity contribution in [3.8, 4) is 5.75 Å². The third-order valence-corrected chi connectivity index (χ3v) is 2.01. The molecule has 0 bridgehead atoms. The maximum Gasteiger partial charge on any atom is 0.257 e. The highest BCUT2D eigenvalue weighted by atomic mass is 16.4. The monoisotopic (exact) mass is 223 g/mol. The maximum atomic E-state index is 11.8. The molecule has 1 amide bonds. The second kappa shape index (κ2) is 5.01. The second-order valence-electron chi connectivity index (χ2n) is 3.27. The zero-order chi connectivity index (χ0) is 12.1. The van der Waals surface area contributed by atoms with Crippen LogP contribution in [0, 0.1) is 0 Å². The summed E-state index contributed by atoms with van der Waals surface area (Å²) in [4.78, 5) is 13.0. The molecule has 0 saturated heterocycles. The highest BCUT2D eigenvalue weighted by molar-refractivity contribution is 5.98. The molecule has 16 heavy (non-hydrogen) atoms. The van der Waals surface area contributed by atoms with E-state index in [0.29, 0.717) is 0 Å². The smallest absolute Gasteiger partial charge is 0.257 e. The Morgan fingerprint density at radius 2 is 2.12 bits per heavy atom. The Bertz CT molecular complexity index is 418. The third-order valence-electron chi connectivity index (χ3n) is 2.01.